The number of nitrogens with one attached hydrogen (secondary N) is 1. The summed E-state index contributed by atoms with van der Waals surface area (Å²) in [7, 11) is 0. The number of carbonyl (C=O) groups is 2. The van der Waals surface area contributed by atoms with Crippen LogP contribution in [0.3, 0.4) is 0 Å². The van der Waals surface area contributed by atoms with Crippen molar-refractivity contribution in [3.8, 4) is 0 Å². The molecule has 1 aromatic carbocycles. The zero-order chi connectivity index (χ0) is 10.8. The first kappa shape index (κ1) is 9.83. The van der Waals surface area contributed by atoms with Crippen molar-refractivity contribution >= 4 is 12.2 Å². The van der Waals surface area contributed by atoms with E-state index in [0.717, 1.165) is 18.9 Å². The van der Waals surface area contributed by atoms with Crippen molar-refractivity contribution in [3.63, 3.8) is 0 Å². The van der Waals surface area contributed by atoms with Gasteiger partial charge in [-0.15, -0.1) is 0 Å². The second kappa shape index (κ2) is 3.81. The molecule has 0 saturated heterocycles. The van der Waals surface area contributed by atoms with Crippen molar-refractivity contribution in [1.82, 2.24) is 5.32 Å². The van der Waals surface area contributed by atoms with Crippen molar-refractivity contribution < 1.29 is 14.0 Å². The third-order valence-electron chi connectivity index (χ3n) is 2.30. The molecule has 78 valence electrons. The van der Waals surface area contributed by atoms with Gasteiger partial charge in [0.25, 0.3) is 5.91 Å². The fourth-order valence-corrected chi connectivity index (χ4v) is 1.27. The molecule has 0 unspecified atom stereocenters. The molecule has 1 fully saturated rings. The first-order valence-corrected chi connectivity index (χ1v) is 4.76. The second-order valence-electron chi connectivity index (χ2n) is 3.60. The number of rotatable bonds is 3. The lowest BCUT2D eigenvalue weighted by Gasteiger charge is -2.03. The van der Waals surface area contributed by atoms with Gasteiger partial charge < -0.3 is 5.32 Å². The molecule has 3 nitrogen and oxygen atoms in total. The highest BCUT2D eigenvalue weighted by molar-refractivity contribution is 5.96. The monoisotopic (exact) mass is 207 g/mol. The van der Waals surface area contributed by atoms with Crippen molar-refractivity contribution in [1.29, 1.82) is 0 Å². The Bertz CT molecular complexity index is 413. The first-order valence-electron chi connectivity index (χ1n) is 4.76. The molecule has 1 aliphatic rings. The average molecular weight is 207 g/mol. The number of benzene rings is 1. The van der Waals surface area contributed by atoms with Crippen LogP contribution in [-0.2, 0) is 0 Å². The molecule has 1 saturated carbocycles. The summed E-state index contributed by atoms with van der Waals surface area (Å²) in [5, 5.41) is 2.76. The van der Waals surface area contributed by atoms with Gasteiger partial charge in [-0.2, -0.15) is 0 Å². The molecule has 1 N–H and O–H groups in total. The lowest BCUT2D eigenvalue weighted by Crippen LogP contribution is -2.25. The molecule has 0 heterocycles. The average Bonchev–Trinajstić information content (AvgIpc) is 3.02. The fraction of sp³-hybridized carbons (Fsp3) is 0.273. The van der Waals surface area contributed by atoms with Crippen LogP contribution < -0.4 is 5.32 Å². The number of aldehydes is 1. The van der Waals surface area contributed by atoms with Gasteiger partial charge in [-0.25, -0.2) is 4.39 Å². The molecule has 1 aromatic rings. The van der Waals surface area contributed by atoms with Crippen LogP contribution >= 0.6 is 0 Å². The quantitative estimate of drug-likeness (QED) is 0.764. The number of hydrogen-bond donors (Lipinski definition) is 1. The molecule has 0 aromatic heterocycles. The molecule has 0 atom stereocenters. The van der Waals surface area contributed by atoms with Crippen LogP contribution in [0.4, 0.5) is 4.39 Å². The molecule has 4 heteroatoms. The summed E-state index contributed by atoms with van der Waals surface area (Å²) >= 11 is 0. The fourth-order valence-electron chi connectivity index (χ4n) is 1.27. The van der Waals surface area contributed by atoms with E-state index >= 15 is 0 Å². The highest BCUT2D eigenvalue weighted by atomic mass is 19.1. The summed E-state index contributed by atoms with van der Waals surface area (Å²) in [6.45, 7) is 0. The van der Waals surface area contributed by atoms with E-state index in [4.69, 9.17) is 0 Å². The predicted molar refractivity (Wildman–Crippen MR) is 52.3 cm³/mol. The topological polar surface area (TPSA) is 46.2 Å². The maximum atomic E-state index is 12.9. The van der Waals surface area contributed by atoms with Gasteiger partial charge in [-0.3, -0.25) is 9.59 Å². The van der Waals surface area contributed by atoms with E-state index in [9.17, 15) is 14.0 Å². The maximum Gasteiger partial charge on any atom is 0.251 e. The van der Waals surface area contributed by atoms with Crippen molar-refractivity contribution in [2.24, 2.45) is 0 Å². The molecule has 0 radical (unpaired) electrons. The highest BCUT2D eigenvalue weighted by Crippen LogP contribution is 2.19. The van der Waals surface area contributed by atoms with E-state index in [-0.39, 0.29) is 17.5 Å². The predicted octanol–water partition coefficient (Wildman–Crippen LogP) is 1.53. The van der Waals surface area contributed by atoms with Gasteiger partial charge in [0.2, 0.25) is 0 Å². The van der Waals surface area contributed by atoms with Crippen LogP contribution in [0, 0.1) is 5.82 Å². The molecule has 0 aliphatic heterocycles. The molecule has 1 amide bonds. The number of amides is 1. The van der Waals surface area contributed by atoms with Crippen molar-refractivity contribution in [2.45, 2.75) is 18.9 Å². The largest absolute Gasteiger partial charge is 0.349 e. The number of carbonyl (C=O) groups excluding carboxylic acids is 2. The molecular weight excluding hydrogens is 197 g/mol. The van der Waals surface area contributed by atoms with Crippen LogP contribution in [-0.4, -0.2) is 18.2 Å². The molecule has 0 bridgehead atoms. The lowest BCUT2D eigenvalue weighted by atomic mass is 10.1. The third kappa shape index (κ3) is 2.21. The molecule has 15 heavy (non-hydrogen) atoms. The standard InChI is InChI=1S/C11H10FNO2/c12-10-4-1-7(5-8(10)6-14)11(15)13-9-2-3-9/h1,4-6,9H,2-3H2,(H,13,15). The first-order chi connectivity index (χ1) is 7.20. The van der Waals surface area contributed by atoms with Gasteiger partial charge in [0, 0.05) is 11.6 Å². The van der Waals surface area contributed by atoms with Gasteiger partial charge in [0.05, 0.1) is 5.56 Å². The van der Waals surface area contributed by atoms with Crippen molar-refractivity contribution in [3.05, 3.63) is 35.1 Å². The Morgan fingerprint density at radius 2 is 2.20 bits per heavy atom. The highest BCUT2D eigenvalue weighted by Gasteiger charge is 2.23. The minimum Gasteiger partial charge on any atom is -0.349 e. The van der Waals surface area contributed by atoms with E-state index < -0.39 is 5.82 Å². The summed E-state index contributed by atoms with van der Waals surface area (Å²) in [5.41, 5.74) is 0.240. The lowest BCUT2D eigenvalue weighted by molar-refractivity contribution is 0.0951. The molecular formula is C11H10FNO2. The Hall–Kier alpha value is -1.71. The van der Waals surface area contributed by atoms with Crippen LogP contribution in [0.1, 0.15) is 33.6 Å². The van der Waals surface area contributed by atoms with E-state index in [1.165, 1.54) is 12.1 Å². The van der Waals surface area contributed by atoms with Gasteiger partial charge in [-0.1, -0.05) is 0 Å². The smallest absolute Gasteiger partial charge is 0.251 e. The Balaban J connectivity index is 2.19. The molecule has 1 aliphatic carbocycles. The zero-order valence-corrected chi connectivity index (χ0v) is 8.00. The minimum atomic E-state index is -0.604. The summed E-state index contributed by atoms with van der Waals surface area (Å²) < 4.78 is 12.9. The SMILES string of the molecule is O=Cc1cc(C(=O)NC2CC2)ccc1F. The van der Waals surface area contributed by atoms with Crippen LogP contribution in [0.5, 0.6) is 0 Å². The summed E-state index contributed by atoms with van der Waals surface area (Å²) in [6, 6.07) is 4.02. The third-order valence-corrected chi connectivity index (χ3v) is 2.30. The van der Waals surface area contributed by atoms with Crippen LogP contribution in [0.15, 0.2) is 18.2 Å². The van der Waals surface area contributed by atoms with Gasteiger partial charge >= 0.3 is 0 Å². The van der Waals surface area contributed by atoms with Crippen LogP contribution in [0.2, 0.25) is 0 Å². The molecule has 0 spiro atoms. The zero-order valence-electron chi connectivity index (χ0n) is 8.00. The summed E-state index contributed by atoms with van der Waals surface area (Å²) in [5.74, 6) is -0.853. The van der Waals surface area contributed by atoms with E-state index in [1.54, 1.807) is 0 Å². The summed E-state index contributed by atoms with van der Waals surface area (Å²) in [6.07, 6.45) is 2.39. The number of halogens is 1. The van der Waals surface area contributed by atoms with E-state index in [2.05, 4.69) is 5.32 Å². The minimum absolute atomic E-state index is 0.0848. The normalized spacial score (nSPS) is 14.7. The molecule has 2 rings (SSSR count). The Morgan fingerprint density at radius 1 is 1.47 bits per heavy atom. The summed E-state index contributed by atoms with van der Waals surface area (Å²) in [4.78, 5) is 22.0. The second-order valence-corrected chi connectivity index (χ2v) is 3.60. The van der Waals surface area contributed by atoms with E-state index in [0.29, 0.717) is 11.8 Å². The maximum absolute atomic E-state index is 12.9. The van der Waals surface area contributed by atoms with Crippen molar-refractivity contribution in [2.75, 3.05) is 0 Å². The van der Waals surface area contributed by atoms with Gasteiger partial charge in [-0.05, 0) is 31.0 Å². The van der Waals surface area contributed by atoms with Gasteiger partial charge in [0.15, 0.2) is 6.29 Å². The van der Waals surface area contributed by atoms with Crippen LogP contribution in [0.25, 0.3) is 0 Å². The van der Waals surface area contributed by atoms with Gasteiger partial charge in [0.1, 0.15) is 5.82 Å². The Labute approximate surface area is 86.3 Å². The Morgan fingerprint density at radius 3 is 2.80 bits per heavy atom. The Kier molecular flexibility index (Phi) is 2.49. The van der Waals surface area contributed by atoms with E-state index in [1.807, 2.05) is 0 Å². The number of hydrogen-bond acceptors (Lipinski definition) is 2.